The average molecular weight is 691 g/mol. The summed E-state index contributed by atoms with van der Waals surface area (Å²) < 4.78 is 6.55. The zero-order chi connectivity index (χ0) is 27.3. The molecule has 37 heavy (non-hydrogen) atoms. The predicted molar refractivity (Wildman–Crippen MR) is 148 cm³/mol. The molecule has 16 heteroatoms. The molecular weight excluding hydrogens is 677 g/mol. The van der Waals surface area contributed by atoms with E-state index in [0.29, 0.717) is 9.08 Å². The first kappa shape index (κ1) is 29.0. The Morgan fingerprint density at radius 1 is 1.22 bits per heavy atom. The van der Waals surface area contributed by atoms with Crippen molar-refractivity contribution in [3.8, 4) is 5.82 Å². The fourth-order valence-corrected chi connectivity index (χ4v) is 4.14. The van der Waals surface area contributed by atoms with Crippen molar-refractivity contribution in [1.29, 1.82) is 0 Å². The highest BCUT2D eigenvalue weighted by molar-refractivity contribution is 9.10. The molecule has 1 aromatic carbocycles. The van der Waals surface area contributed by atoms with E-state index in [1.54, 1.807) is 12.1 Å². The standard InChI is InChI=1S/C21H14BBr2Cl3N6O4/c1-37-21(36)32(6-4-16(26)27)31-19(34)11-7-10(23)8-12(22)17(11)29-20(35)14-9-15(24)30-33(14)18-13(25)3-2-5-28-18/h2-5,7-9H,6H2,1H3,(H,29,35)(H,31,34). The highest BCUT2D eigenvalue weighted by Gasteiger charge is 2.24. The second-order valence-electron chi connectivity index (χ2n) is 6.96. The number of nitrogens with zero attached hydrogens (tertiary/aromatic N) is 4. The van der Waals surface area contributed by atoms with E-state index in [1.165, 1.54) is 35.2 Å². The number of ether oxygens (including phenoxy) is 1. The molecule has 2 aromatic heterocycles. The van der Waals surface area contributed by atoms with Gasteiger partial charge in [0.25, 0.3) is 11.8 Å². The van der Waals surface area contributed by atoms with Crippen molar-refractivity contribution in [1.82, 2.24) is 25.2 Å². The molecule has 3 amide bonds. The molecule has 0 fully saturated rings. The van der Waals surface area contributed by atoms with Crippen LogP contribution in [-0.4, -0.2) is 59.2 Å². The summed E-state index contributed by atoms with van der Waals surface area (Å²) in [6, 6.07) is 7.56. The molecule has 10 nitrogen and oxygen atoms in total. The number of anilines is 1. The van der Waals surface area contributed by atoms with Crippen LogP contribution in [-0.2, 0) is 4.74 Å². The fraction of sp³-hybridized carbons (Fsp3) is 0.0952. The minimum Gasteiger partial charge on any atom is -0.452 e. The van der Waals surface area contributed by atoms with E-state index in [0.717, 1.165) is 12.1 Å². The molecule has 2 heterocycles. The van der Waals surface area contributed by atoms with Crippen LogP contribution in [0.5, 0.6) is 0 Å². The van der Waals surface area contributed by atoms with Gasteiger partial charge >= 0.3 is 6.09 Å². The Bertz CT molecular complexity index is 1400. The molecular formula is C21H14BBr2Cl3N6O4. The number of rotatable bonds is 6. The van der Waals surface area contributed by atoms with Crippen molar-refractivity contribution < 1.29 is 19.1 Å². The number of pyridine rings is 1. The summed E-state index contributed by atoms with van der Waals surface area (Å²) in [7, 11) is 7.27. The number of carbonyl (C=O) groups excluding carboxylic acids is 3. The lowest BCUT2D eigenvalue weighted by atomic mass is 9.91. The maximum Gasteiger partial charge on any atom is 0.428 e. The van der Waals surface area contributed by atoms with Crippen LogP contribution in [0.3, 0.4) is 0 Å². The number of methoxy groups -OCH3 is 1. The second kappa shape index (κ2) is 12.8. The Hall–Kier alpha value is -2.58. The van der Waals surface area contributed by atoms with Crippen LogP contribution in [0.4, 0.5) is 10.5 Å². The third-order valence-corrected chi connectivity index (χ3v) is 5.98. The molecule has 2 radical (unpaired) electrons. The highest BCUT2D eigenvalue weighted by Crippen LogP contribution is 2.24. The zero-order valence-corrected chi connectivity index (χ0v) is 24.1. The Labute approximate surface area is 243 Å². The number of hydrogen-bond acceptors (Lipinski definition) is 6. The molecule has 0 atom stereocenters. The van der Waals surface area contributed by atoms with Gasteiger partial charge < -0.3 is 10.1 Å². The molecule has 2 N–H and O–H groups in total. The van der Waals surface area contributed by atoms with E-state index in [9.17, 15) is 14.4 Å². The third-order valence-electron chi connectivity index (χ3n) is 4.53. The quantitative estimate of drug-likeness (QED) is 0.290. The lowest BCUT2D eigenvalue weighted by Crippen LogP contribution is -2.46. The van der Waals surface area contributed by atoms with Gasteiger partial charge in [-0.15, -0.1) is 0 Å². The van der Waals surface area contributed by atoms with Crippen molar-refractivity contribution >= 4 is 104 Å². The van der Waals surface area contributed by atoms with Crippen LogP contribution in [0.2, 0.25) is 5.02 Å². The molecule has 190 valence electrons. The van der Waals surface area contributed by atoms with Gasteiger partial charge in [0.2, 0.25) is 0 Å². The summed E-state index contributed by atoms with van der Waals surface area (Å²) in [6.45, 7) is -0.204. The maximum absolute atomic E-state index is 13.3. The minimum absolute atomic E-state index is 0.0302. The van der Waals surface area contributed by atoms with E-state index in [-0.39, 0.29) is 44.3 Å². The van der Waals surface area contributed by atoms with Crippen molar-refractivity contribution in [2.24, 2.45) is 0 Å². The molecule has 0 aliphatic carbocycles. The summed E-state index contributed by atoms with van der Waals surface area (Å²) >= 11 is 24.0. The van der Waals surface area contributed by atoms with Crippen LogP contribution >= 0.6 is 66.7 Å². The number of amides is 3. The van der Waals surface area contributed by atoms with E-state index < -0.39 is 17.9 Å². The number of benzene rings is 1. The number of aromatic nitrogens is 3. The lowest BCUT2D eigenvalue weighted by Gasteiger charge is -2.22. The minimum atomic E-state index is -0.895. The first-order valence-electron chi connectivity index (χ1n) is 9.96. The van der Waals surface area contributed by atoms with Gasteiger partial charge in [-0.05, 0) is 40.2 Å². The van der Waals surface area contributed by atoms with E-state index >= 15 is 0 Å². The Morgan fingerprint density at radius 3 is 2.59 bits per heavy atom. The molecule has 0 saturated heterocycles. The second-order valence-corrected chi connectivity index (χ2v) is 10.1. The van der Waals surface area contributed by atoms with Crippen molar-refractivity contribution in [3.05, 3.63) is 72.5 Å². The maximum atomic E-state index is 13.3. The van der Waals surface area contributed by atoms with Crippen molar-refractivity contribution in [2.45, 2.75) is 0 Å². The van der Waals surface area contributed by atoms with Crippen LogP contribution in [0.1, 0.15) is 20.8 Å². The smallest absolute Gasteiger partial charge is 0.428 e. The summed E-state index contributed by atoms with van der Waals surface area (Å²) in [5.74, 6) is -1.26. The predicted octanol–water partition coefficient (Wildman–Crippen LogP) is 4.52. The van der Waals surface area contributed by atoms with E-state index in [4.69, 9.17) is 42.6 Å². The highest BCUT2D eigenvalue weighted by atomic mass is 79.9. The molecule has 3 rings (SSSR count). The van der Waals surface area contributed by atoms with Crippen LogP contribution < -0.4 is 16.2 Å². The summed E-state index contributed by atoms with van der Waals surface area (Å²) in [5.41, 5.74) is 2.37. The first-order chi connectivity index (χ1) is 17.5. The number of nitrogens with one attached hydrogen (secondary N) is 2. The van der Waals surface area contributed by atoms with Gasteiger partial charge in [0, 0.05) is 22.4 Å². The molecule has 0 bridgehead atoms. The van der Waals surface area contributed by atoms with Gasteiger partial charge in [-0.3, -0.25) is 15.0 Å². The first-order valence-corrected chi connectivity index (χ1v) is 12.7. The van der Waals surface area contributed by atoms with Gasteiger partial charge in [-0.2, -0.15) is 5.10 Å². The molecule has 0 unspecified atom stereocenters. The van der Waals surface area contributed by atoms with Crippen molar-refractivity contribution in [3.63, 3.8) is 0 Å². The summed E-state index contributed by atoms with van der Waals surface area (Å²) in [6.07, 6.45) is 1.86. The topological polar surface area (TPSA) is 118 Å². The molecule has 3 aromatic rings. The van der Waals surface area contributed by atoms with Gasteiger partial charge in [-0.1, -0.05) is 62.3 Å². The average Bonchev–Trinajstić information content (AvgIpc) is 3.24. The SMILES string of the molecule is [B]c1cc(Br)cc(C(=O)NN(CC=C(Cl)Cl)C(=O)OC)c1NC(=O)c1cc(Br)nn1-c1ncccc1Cl. The Balaban J connectivity index is 1.97. The van der Waals surface area contributed by atoms with E-state index in [1.807, 2.05) is 0 Å². The van der Waals surface area contributed by atoms with Crippen LogP contribution in [0, 0.1) is 0 Å². The molecule has 0 spiro atoms. The fourth-order valence-electron chi connectivity index (χ4n) is 2.95. The van der Waals surface area contributed by atoms with Gasteiger partial charge in [0.15, 0.2) is 5.82 Å². The Kier molecular flexibility index (Phi) is 10.0. The largest absolute Gasteiger partial charge is 0.452 e. The summed E-state index contributed by atoms with van der Waals surface area (Å²) in [4.78, 5) is 42.8. The number of halogens is 5. The normalized spacial score (nSPS) is 10.4. The number of hydrazine groups is 1. The molecule has 0 saturated carbocycles. The zero-order valence-electron chi connectivity index (χ0n) is 18.6. The third kappa shape index (κ3) is 7.26. The summed E-state index contributed by atoms with van der Waals surface area (Å²) in [5, 5.41) is 7.93. The monoisotopic (exact) mass is 688 g/mol. The van der Waals surface area contributed by atoms with E-state index in [2.05, 4.69) is 57.4 Å². The number of hydrogen-bond donors (Lipinski definition) is 2. The van der Waals surface area contributed by atoms with Gasteiger partial charge in [0.05, 0.1) is 24.2 Å². The lowest BCUT2D eigenvalue weighted by molar-refractivity contribution is 0.0737. The van der Waals surface area contributed by atoms with Crippen LogP contribution in [0.15, 0.2) is 56.2 Å². The van der Waals surface area contributed by atoms with Crippen LogP contribution in [0.25, 0.3) is 5.82 Å². The van der Waals surface area contributed by atoms with Crippen molar-refractivity contribution in [2.75, 3.05) is 19.0 Å². The molecule has 0 aliphatic heterocycles. The Morgan fingerprint density at radius 2 is 1.95 bits per heavy atom. The van der Waals surface area contributed by atoms with Gasteiger partial charge in [0.1, 0.15) is 22.6 Å². The molecule has 0 aliphatic rings. The number of carbonyl (C=O) groups is 3. The van der Waals surface area contributed by atoms with Gasteiger partial charge in [-0.25, -0.2) is 19.5 Å².